The molecule has 0 heterocycles. The zero-order valence-electron chi connectivity index (χ0n) is 42.9. The molecule has 0 aromatic carbocycles. The number of hydrogen-bond acceptors (Lipinski definition) is 6. The number of hydrogen-bond donors (Lipinski definition) is 0. The maximum absolute atomic E-state index is 12.8. The molecule has 0 saturated heterocycles. The summed E-state index contributed by atoms with van der Waals surface area (Å²) < 4.78 is 16.9. The number of carbonyl (C=O) groups excluding carboxylic acids is 3. The second kappa shape index (κ2) is 53.0. The first-order valence-corrected chi connectivity index (χ1v) is 28.5. The summed E-state index contributed by atoms with van der Waals surface area (Å²) in [6.45, 7) is 6.70. The van der Waals surface area contributed by atoms with Crippen LogP contribution in [0.2, 0.25) is 0 Å². The van der Waals surface area contributed by atoms with Gasteiger partial charge in [-0.25, -0.2) is 0 Å². The molecule has 0 aromatic rings. The van der Waals surface area contributed by atoms with E-state index in [0.717, 1.165) is 57.8 Å². The molecular formula is C57H110O6. The van der Waals surface area contributed by atoms with Crippen molar-refractivity contribution in [2.45, 2.75) is 335 Å². The molecule has 6 heteroatoms. The summed E-state index contributed by atoms with van der Waals surface area (Å²) in [6.07, 6.45) is 58.0. The van der Waals surface area contributed by atoms with Crippen LogP contribution in [0.3, 0.4) is 0 Å². The third-order valence-electron chi connectivity index (χ3n) is 13.1. The lowest BCUT2D eigenvalue weighted by Crippen LogP contribution is -2.30. The summed E-state index contributed by atoms with van der Waals surface area (Å²) in [5, 5.41) is 0. The second-order valence-corrected chi connectivity index (χ2v) is 19.6. The highest BCUT2D eigenvalue weighted by Gasteiger charge is 2.19. The van der Waals surface area contributed by atoms with E-state index in [4.69, 9.17) is 14.2 Å². The van der Waals surface area contributed by atoms with E-state index in [1.807, 2.05) is 0 Å². The predicted octanol–water partition coefficient (Wildman–Crippen LogP) is 18.8. The fourth-order valence-electron chi connectivity index (χ4n) is 8.80. The number of unbranched alkanes of at least 4 members (excludes halogenated alkanes) is 42. The van der Waals surface area contributed by atoms with Crippen molar-refractivity contribution in [1.29, 1.82) is 0 Å². The van der Waals surface area contributed by atoms with Crippen molar-refractivity contribution >= 4 is 17.9 Å². The van der Waals surface area contributed by atoms with Crippen LogP contribution in [-0.2, 0) is 28.6 Å². The molecule has 0 amide bonds. The first kappa shape index (κ1) is 61.4. The van der Waals surface area contributed by atoms with Crippen molar-refractivity contribution in [1.82, 2.24) is 0 Å². The highest BCUT2D eigenvalue weighted by Crippen LogP contribution is 2.17. The fourth-order valence-corrected chi connectivity index (χ4v) is 8.80. The van der Waals surface area contributed by atoms with Gasteiger partial charge < -0.3 is 14.2 Å². The molecule has 0 bridgehead atoms. The molecule has 0 rings (SSSR count). The van der Waals surface area contributed by atoms with Gasteiger partial charge in [0.25, 0.3) is 0 Å². The van der Waals surface area contributed by atoms with Gasteiger partial charge in [0.1, 0.15) is 13.2 Å². The third kappa shape index (κ3) is 51.3. The first-order chi connectivity index (χ1) is 31.0. The van der Waals surface area contributed by atoms with Gasteiger partial charge in [0.2, 0.25) is 0 Å². The molecule has 63 heavy (non-hydrogen) atoms. The topological polar surface area (TPSA) is 78.9 Å². The van der Waals surface area contributed by atoms with Gasteiger partial charge in [-0.3, -0.25) is 14.4 Å². The predicted molar refractivity (Wildman–Crippen MR) is 270 cm³/mol. The SMILES string of the molecule is CCCCCCCCCCCCCCCCCCCC(=O)OC[C@H](COC(=O)CCCCCCCCCCCCCCCC)OC(=O)CCCCCCCCCCCCCCCC. The van der Waals surface area contributed by atoms with E-state index in [1.165, 1.54) is 231 Å². The maximum atomic E-state index is 12.8. The monoisotopic (exact) mass is 891 g/mol. The van der Waals surface area contributed by atoms with Crippen LogP contribution in [0.1, 0.15) is 329 Å². The molecule has 0 unspecified atom stereocenters. The summed E-state index contributed by atoms with van der Waals surface area (Å²) >= 11 is 0. The van der Waals surface area contributed by atoms with E-state index in [-0.39, 0.29) is 31.1 Å². The van der Waals surface area contributed by atoms with Crippen molar-refractivity contribution in [3.05, 3.63) is 0 Å². The molecule has 0 aliphatic rings. The number of esters is 3. The smallest absolute Gasteiger partial charge is 0.306 e. The normalized spacial score (nSPS) is 11.9. The molecule has 0 N–H and O–H groups in total. The highest BCUT2D eigenvalue weighted by atomic mass is 16.6. The van der Waals surface area contributed by atoms with Crippen LogP contribution in [0.25, 0.3) is 0 Å². The van der Waals surface area contributed by atoms with E-state index >= 15 is 0 Å². The molecule has 0 saturated carbocycles. The summed E-state index contributed by atoms with van der Waals surface area (Å²) in [7, 11) is 0. The Morgan fingerprint density at radius 2 is 0.429 bits per heavy atom. The minimum absolute atomic E-state index is 0.0611. The van der Waals surface area contributed by atoms with Crippen molar-refractivity contribution in [2.75, 3.05) is 13.2 Å². The van der Waals surface area contributed by atoms with Crippen molar-refractivity contribution in [2.24, 2.45) is 0 Å². The van der Waals surface area contributed by atoms with Crippen molar-refractivity contribution < 1.29 is 28.6 Å². The molecule has 0 fully saturated rings. The summed E-state index contributed by atoms with van der Waals surface area (Å²) in [5.74, 6) is -0.833. The van der Waals surface area contributed by atoms with Crippen molar-refractivity contribution in [3.8, 4) is 0 Å². The third-order valence-corrected chi connectivity index (χ3v) is 13.1. The molecule has 374 valence electrons. The largest absolute Gasteiger partial charge is 0.462 e. The Hall–Kier alpha value is -1.59. The van der Waals surface area contributed by atoms with Gasteiger partial charge in [-0.1, -0.05) is 290 Å². The standard InChI is InChI=1S/C57H110O6/c1-4-7-10-13-16-19-22-25-28-29-30-33-35-38-41-44-47-50-56(59)62-53-54(63-57(60)51-48-45-42-39-36-32-27-24-21-18-15-12-9-6-3)52-61-55(58)49-46-43-40-37-34-31-26-23-20-17-14-11-8-5-2/h54H,4-53H2,1-3H3/t54-/m0/s1. The molecule has 0 aliphatic carbocycles. The minimum Gasteiger partial charge on any atom is -0.462 e. The number of ether oxygens (including phenoxy) is 3. The summed E-state index contributed by atoms with van der Waals surface area (Å²) in [6, 6.07) is 0. The summed E-state index contributed by atoms with van der Waals surface area (Å²) in [4.78, 5) is 38.1. The highest BCUT2D eigenvalue weighted by molar-refractivity contribution is 5.71. The van der Waals surface area contributed by atoms with Crippen molar-refractivity contribution in [3.63, 3.8) is 0 Å². The Balaban J connectivity index is 4.28. The van der Waals surface area contributed by atoms with Gasteiger partial charge in [-0.05, 0) is 19.3 Å². The molecule has 0 radical (unpaired) electrons. The van der Waals surface area contributed by atoms with Crippen LogP contribution in [0.4, 0.5) is 0 Å². The molecule has 0 aliphatic heterocycles. The Labute approximate surface area is 393 Å². The average molecular weight is 892 g/mol. The van der Waals surface area contributed by atoms with E-state index in [9.17, 15) is 14.4 Å². The van der Waals surface area contributed by atoms with E-state index in [0.29, 0.717) is 19.3 Å². The van der Waals surface area contributed by atoms with E-state index < -0.39 is 6.10 Å². The van der Waals surface area contributed by atoms with Crippen LogP contribution in [0, 0.1) is 0 Å². The maximum Gasteiger partial charge on any atom is 0.306 e. The molecular weight excluding hydrogens is 781 g/mol. The molecule has 0 spiro atoms. The van der Waals surface area contributed by atoms with Crippen LogP contribution >= 0.6 is 0 Å². The van der Waals surface area contributed by atoms with Gasteiger partial charge in [-0.15, -0.1) is 0 Å². The first-order valence-electron chi connectivity index (χ1n) is 28.5. The van der Waals surface area contributed by atoms with Crippen LogP contribution in [0.5, 0.6) is 0 Å². The molecule has 1 atom stereocenters. The zero-order chi connectivity index (χ0) is 45.8. The summed E-state index contributed by atoms with van der Waals surface area (Å²) in [5.41, 5.74) is 0. The quantitative estimate of drug-likeness (QED) is 0.0344. The Morgan fingerprint density at radius 1 is 0.254 bits per heavy atom. The fraction of sp³-hybridized carbons (Fsp3) is 0.947. The van der Waals surface area contributed by atoms with Gasteiger partial charge >= 0.3 is 17.9 Å². The van der Waals surface area contributed by atoms with Crippen LogP contribution < -0.4 is 0 Å². The number of carbonyl (C=O) groups is 3. The lowest BCUT2D eigenvalue weighted by Gasteiger charge is -2.18. The van der Waals surface area contributed by atoms with Gasteiger partial charge in [0.05, 0.1) is 0 Å². The average Bonchev–Trinajstić information content (AvgIpc) is 3.28. The zero-order valence-corrected chi connectivity index (χ0v) is 42.9. The Kier molecular flexibility index (Phi) is 51.7. The lowest BCUT2D eigenvalue weighted by atomic mass is 10.0. The second-order valence-electron chi connectivity index (χ2n) is 19.6. The van der Waals surface area contributed by atoms with E-state index in [2.05, 4.69) is 20.8 Å². The van der Waals surface area contributed by atoms with Crippen LogP contribution in [-0.4, -0.2) is 37.2 Å². The van der Waals surface area contributed by atoms with Crippen LogP contribution in [0.15, 0.2) is 0 Å². The van der Waals surface area contributed by atoms with Gasteiger partial charge in [-0.2, -0.15) is 0 Å². The number of rotatable bonds is 53. The lowest BCUT2D eigenvalue weighted by molar-refractivity contribution is -0.167. The van der Waals surface area contributed by atoms with Gasteiger partial charge in [0, 0.05) is 19.3 Å². The van der Waals surface area contributed by atoms with E-state index in [1.54, 1.807) is 0 Å². The Morgan fingerprint density at radius 3 is 0.635 bits per heavy atom. The van der Waals surface area contributed by atoms with Gasteiger partial charge in [0.15, 0.2) is 6.10 Å². The molecule has 6 nitrogen and oxygen atoms in total. The Bertz CT molecular complexity index is 936. The minimum atomic E-state index is -0.760. The molecule has 0 aromatic heterocycles.